The van der Waals surface area contributed by atoms with Crippen LogP contribution in [-0.4, -0.2) is 13.2 Å². The van der Waals surface area contributed by atoms with Gasteiger partial charge in [-0.05, 0) is 31.9 Å². The first kappa shape index (κ1) is 14.5. The maximum Gasteiger partial charge on any atom is 0.216 e. The highest BCUT2D eigenvalue weighted by molar-refractivity contribution is 7.90. The van der Waals surface area contributed by atoms with Gasteiger partial charge in [0.2, 0.25) is 10.0 Å². The van der Waals surface area contributed by atoms with E-state index in [1.165, 1.54) is 0 Å². The first-order chi connectivity index (χ1) is 7.76. The summed E-state index contributed by atoms with van der Waals surface area (Å²) in [5, 5.41) is 0. The molecular weight excluding hydrogens is 258 g/mol. The molecule has 0 radical (unpaired) electrons. The molecule has 1 N–H and O–H groups in total. The Morgan fingerprint density at radius 2 is 1.82 bits per heavy atom. The summed E-state index contributed by atoms with van der Waals surface area (Å²) in [6.07, 6.45) is 0. The molecule has 3 nitrogen and oxygen atoms in total. The second-order valence-corrected chi connectivity index (χ2v) is 7.68. The van der Waals surface area contributed by atoms with Crippen molar-refractivity contribution in [1.82, 2.24) is 4.72 Å². The molecule has 0 unspecified atom stereocenters. The normalized spacial score (nSPS) is 12.7. The van der Waals surface area contributed by atoms with Gasteiger partial charge in [0.15, 0.2) is 0 Å². The van der Waals surface area contributed by atoms with E-state index >= 15 is 0 Å². The lowest BCUT2D eigenvalue weighted by atomic mass is 10.1. The number of hydrogen-bond donors (Lipinski definition) is 1. The first-order valence-electron chi connectivity index (χ1n) is 5.39. The van der Waals surface area contributed by atoms with Gasteiger partial charge in [0.1, 0.15) is 0 Å². The highest BCUT2D eigenvalue weighted by atomic mass is 35.5. The molecule has 1 aromatic carbocycles. The molecule has 0 aliphatic rings. The molecule has 1 rings (SSSR count). The maximum absolute atomic E-state index is 11.8. The molecule has 0 aromatic heterocycles. The van der Waals surface area contributed by atoms with Crippen LogP contribution >= 0.6 is 11.6 Å². The Morgan fingerprint density at radius 1 is 1.24 bits per heavy atom. The van der Waals surface area contributed by atoms with E-state index in [1.54, 1.807) is 20.8 Å². The van der Waals surface area contributed by atoms with Crippen LogP contribution in [0.25, 0.3) is 0 Å². The second-order valence-electron chi connectivity index (χ2n) is 4.89. The number of sulfonamides is 1. The van der Waals surface area contributed by atoms with Crippen molar-refractivity contribution in [3.8, 4) is 0 Å². The third-order valence-electron chi connectivity index (χ3n) is 2.42. The summed E-state index contributed by atoms with van der Waals surface area (Å²) in [4.78, 5) is 0. The van der Waals surface area contributed by atoms with Gasteiger partial charge in [0.25, 0.3) is 0 Å². The summed E-state index contributed by atoms with van der Waals surface area (Å²) < 4.78 is 25.5. The SMILES string of the molecule is CC(C)(C)S(=O)(=O)NCc1cccc(CCl)c1. The van der Waals surface area contributed by atoms with Gasteiger partial charge in [-0.15, -0.1) is 11.6 Å². The number of nitrogens with one attached hydrogen (secondary N) is 1. The molecule has 1 aromatic rings. The average molecular weight is 276 g/mol. The van der Waals surface area contributed by atoms with Crippen LogP contribution in [0.1, 0.15) is 31.9 Å². The maximum atomic E-state index is 11.8. The Morgan fingerprint density at radius 3 is 2.35 bits per heavy atom. The molecule has 17 heavy (non-hydrogen) atoms. The van der Waals surface area contributed by atoms with Crippen molar-refractivity contribution in [3.63, 3.8) is 0 Å². The van der Waals surface area contributed by atoms with Crippen LogP contribution < -0.4 is 4.72 Å². The Hall–Kier alpha value is -0.580. The molecule has 0 aliphatic heterocycles. The lowest BCUT2D eigenvalue weighted by Crippen LogP contribution is -2.38. The molecular formula is C12H18ClNO2S. The van der Waals surface area contributed by atoms with Crippen molar-refractivity contribution in [2.45, 2.75) is 37.9 Å². The van der Waals surface area contributed by atoms with E-state index in [1.807, 2.05) is 24.3 Å². The second kappa shape index (κ2) is 5.38. The van der Waals surface area contributed by atoms with Gasteiger partial charge in [-0.2, -0.15) is 0 Å². The van der Waals surface area contributed by atoms with Crippen molar-refractivity contribution in [2.75, 3.05) is 0 Å². The van der Waals surface area contributed by atoms with Gasteiger partial charge in [-0.3, -0.25) is 0 Å². The van der Waals surface area contributed by atoms with Gasteiger partial charge in [0.05, 0.1) is 4.75 Å². The first-order valence-corrected chi connectivity index (χ1v) is 7.41. The highest BCUT2D eigenvalue weighted by Crippen LogP contribution is 2.14. The van der Waals surface area contributed by atoms with E-state index in [4.69, 9.17) is 11.6 Å². The average Bonchev–Trinajstić information content (AvgIpc) is 2.25. The summed E-state index contributed by atoms with van der Waals surface area (Å²) in [7, 11) is -3.30. The Bertz CT molecular complexity index is 478. The predicted octanol–water partition coefficient (Wildman–Crippen LogP) is 2.64. The molecule has 0 spiro atoms. The van der Waals surface area contributed by atoms with E-state index in [9.17, 15) is 8.42 Å². The van der Waals surface area contributed by atoms with Crippen LogP contribution in [0, 0.1) is 0 Å². The van der Waals surface area contributed by atoms with Gasteiger partial charge in [-0.25, -0.2) is 13.1 Å². The van der Waals surface area contributed by atoms with E-state index in [2.05, 4.69) is 4.72 Å². The molecule has 0 fully saturated rings. The van der Waals surface area contributed by atoms with Crippen molar-refractivity contribution >= 4 is 21.6 Å². The summed E-state index contributed by atoms with van der Waals surface area (Å²) in [5.41, 5.74) is 1.90. The number of rotatable bonds is 4. The quantitative estimate of drug-likeness (QED) is 0.859. The van der Waals surface area contributed by atoms with E-state index in [0.717, 1.165) is 11.1 Å². The lowest BCUT2D eigenvalue weighted by Gasteiger charge is -2.19. The molecule has 5 heteroatoms. The van der Waals surface area contributed by atoms with Gasteiger partial charge >= 0.3 is 0 Å². The zero-order valence-electron chi connectivity index (χ0n) is 10.3. The van der Waals surface area contributed by atoms with Crippen molar-refractivity contribution in [1.29, 1.82) is 0 Å². The topological polar surface area (TPSA) is 46.2 Å². The third-order valence-corrected chi connectivity index (χ3v) is 4.86. The zero-order chi connectivity index (χ0) is 13.1. The molecule has 0 atom stereocenters. The summed E-state index contributed by atoms with van der Waals surface area (Å²) in [5.74, 6) is 0.430. The number of halogens is 1. The smallest absolute Gasteiger partial charge is 0.212 e. The van der Waals surface area contributed by atoms with Gasteiger partial charge in [0, 0.05) is 12.4 Å². The van der Waals surface area contributed by atoms with E-state index in [0.29, 0.717) is 12.4 Å². The molecule has 0 amide bonds. The largest absolute Gasteiger partial charge is 0.216 e. The van der Waals surface area contributed by atoms with Crippen molar-refractivity contribution in [2.24, 2.45) is 0 Å². The summed E-state index contributed by atoms with van der Waals surface area (Å²) >= 11 is 5.72. The minimum absolute atomic E-state index is 0.296. The van der Waals surface area contributed by atoms with Crippen LogP contribution in [0.4, 0.5) is 0 Å². The molecule has 0 saturated heterocycles. The third kappa shape index (κ3) is 3.98. The molecule has 0 aliphatic carbocycles. The van der Waals surface area contributed by atoms with Crippen LogP contribution in [0.3, 0.4) is 0 Å². The Kier molecular flexibility index (Phi) is 4.58. The molecule has 0 heterocycles. The zero-order valence-corrected chi connectivity index (χ0v) is 11.9. The standard InChI is InChI=1S/C12H18ClNO2S/c1-12(2,3)17(15,16)14-9-11-6-4-5-10(7-11)8-13/h4-7,14H,8-9H2,1-3H3. The Labute approximate surface area is 108 Å². The molecule has 0 saturated carbocycles. The Balaban J connectivity index is 2.74. The van der Waals surface area contributed by atoms with Crippen LogP contribution in [0.5, 0.6) is 0 Å². The van der Waals surface area contributed by atoms with Crippen LogP contribution in [0.15, 0.2) is 24.3 Å². The lowest BCUT2D eigenvalue weighted by molar-refractivity contribution is 0.544. The fourth-order valence-corrected chi connectivity index (χ4v) is 2.17. The van der Waals surface area contributed by atoms with Crippen molar-refractivity contribution < 1.29 is 8.42 Å². The number of alkyl halides is 1. The number of benzene rings is 1. The highest BCUT2D eigenvalue weighted by Gasteiger charge is 2.28. The molecule has 96 valence electrons. The van der Waals surface area contributed by atoms with Gasteiger partial charge < -0.3 is 0 Å². The predicted molar refractivity (Wildman–Crippen MR) is 71.5 cm³/mol. The number of hydrogen-bond acceptors (Lipinski definition) is 2. The van der Waals surface area contributed by atoms with Gasteiger partial charge in [-0.1, -0.05) is 24.3 Å². The van der Waals surface area contributed by atoms with Crippen LogP contribution in [0.2, 0.25) is 0 Å². The minimum atomic E-state index is -3.30. The fraction of sp³-hybridized carbons (Fsp3) is 0.500. The van der Waals surface area contributed by atoms with Crippen molar-refractivity contribution in [3.05, 3.63) is 35.4 Å². The van der Waals surface area contributed by atoms with Crippen LogP contribution in [-0.2, 0) is 22.4 Å². The minimum Gasteiger partial charge on any atom is -0.212 e. The fourth-order valence-electron chi connectivity index (χ4n) is 1.22. The summed E-state index contributed by atoms with van der Waals surface area (Å²) in [6.45, 7) is 5.31. The van der Waals surface area contributed by atoms with E-state index in [-0.39, 0.29) is 0 Å². The van der Waals surface area contributed by atoms with E-state index < -0.39 is 14.8 Å². The monoisotopic (exact) mass is 275 g/mol. The molecule has 0 bridgehead atoms. The summed E-state index contributed by atoms with van der Waals surface area (Å²) in [6, 6.07) is 7.56.